The molecule has 0 saturated carbocycles. The Bertz CT molecular complexity index is 965. The molecule has 0 radical (unpaired) electrons. The Kier molecular flexibility index (Phi) is 6.44. The molecule has 5 nitrogen and oxygen atoms in total. The topological polar surface area (TPSA) is 58.8 Å². The van der Waals surface area contributed by atoms with Crippen LogP contribution in [0.15, 0.2) is 42.5 Å². The van der Waals surface area contributed by atoms with E-state index in [9.17, 15) is 18.0 Å². The summed E-state index contributed by atoms with van der Waals surface area (Å²) >= 11 is 0. The third-order valence-corrected chi connectivity index (χ3v) is 6.44. The standard InChI is InChI=1S/C24H28F3N3O2/c1-32-21-14-17-9-10-22(31)29(15-24(25,26)27)20(17)13-19(21)12-18-8-5-11-30(28)23(18)16-6-3-2-4-7-16/h2-4,6-7,13-14,18,23H,5,8-12,15,28H2,1H3/t18-,23+/m0/s1. The van der Waals surface area contributed by atoms with Crippen LogP contribution in [-0.2, 0) is 17.6 Å². The molecule has 2 aromatic carbocycles. The van der Waals surface area contributed by atoms with Crippen molar-refractivity contribution in [2.75, 3.05) is 25.1 Å². The van der Waals surface area contributed by atoms with Crippen molar-refractivity contribution < 1.29 is 22.7 Å². The van der Waals surface area contributed by atoms with E-state index in [4.69, 9.17) is 10.6 Å². The van der Waals surface area contributed by atoms with Crippen LogP contribution in [0, 0.1) is 5.92 Å². The third-order valence-electron chi connectivity index (χ3n) is 6.44. The van der Waals surface area contributed by atoms with E-state index in [0.29, 0.717) is 29.8 Å². The van der Waals surface area contributed by atoms with Gasteiger partial charge in [0.1, 0.15) is 12.3 Å². The highest BCUT2D eigenvalue weighted by Gasteiger charge is 2.37. The zero-order valence-electron chi connectivity index (χ0n) is 18.1. The predicted molar refractivity (Wildman–Crippen MR) is 116 cm³/mol. The van der Waals surface area contributed by atoms with Crippen molar-refractivity contribution in [1.82, 2.24) is 5.01 Å². The van der Waals surface area contributed by atoms with Crippen LogP contribution < -0.4 is 15.5 Å². The van der Waals surface area contributed by atoms with Gasteiger partial charge in [-0.05, 0) is 60.4 Å². The number of benzene rings is 2. The molecular formula is C24H28F3N3O2. The highest BCUT2D eigenvalue weighted by atomic mass is 19.4. The van der Waals surface area contributed by atoms with Gasteiger partial charge in [-0.15, -0.1) is 0 Å². The third kappa shape index (κ3) is 4.76. The van der Waals surface area contributed by atoms with E-state index in [1.165, 1.54) is 0 Å². The molecule has 32 heavy (non-hydrogen) atoms. The predicted octanol–water partition coefficient (Wildman–Crippen LogP) is 4.41. The van der Waals surface area contributed by atoms with E-state index in [-0.39, 0.29) is 18.4 Å². The van der Waals surface area contributed by atoms with Gasteiger partial charge in [0.05, 0.1) is 13.2 Å². The van der Waals surface area contributed by atoms with Gasteiger partial charge in [0, 0.05) is 18.7 Å². The van der Waals surface area contributed by atoms with Crippen molar-refractivity contribution >= 4 is 11.6 Å². The second-order valence-corrected chi connectivity index (χ2v) is 8.59. The van der Waals surface area contributed by atoms with E-state index >= 15 is 0 Å². The number of hydrogen-bond acceptors (Lipinski definition) is 4. The van der Waals surface area contributed by atoms with E-state index in [1.807, 2.05) is 23.2 Å². The van der Waals surface area contributed by atoms with Crippen molar-refractivity contribution in [1.29, 1.82) is 0 Å². The Balaban J connectivity index is 1.69. The number of amides is 1. The largest absolute Gasteiger partial charge is 0.496 e. The summed E-state index contributed by atoms with van der Waals surface area (Å²) in [6.07, 6.45) is -1.52. The maximum Gasteiger partial charge on any atom is 0.406 e. The average molecular weight is 448 g/mol. The van der Waals surface area contributed by atoms with Crippen LogP contribution in [0.25, 0.3) is 0 Å². The van der Waals surface area contributed by atoms with Crippen molar-refractivity contribution in [3.63, 3.8) is 0 Å². The van der Waals surface area contributed by atoms with Gasteiger partial charge in [-0.1, -0.05) is 30.3 Å². The lowest BCUT2D eigenvalue weighted by Crippen LogP contribution is -2.44. The second kappa shape index (κ2) is 9.11. The maximum atomic E-state index is 13.2. The monoisotopic (exact) mass is 447 g/mol. The number of piperidine rings is 1. The normalized spacial score (nSPS) is 22.0. The minimum Gasteiger partial charge on any atom is -0.496 e. The molecule has 2 aromatic rings. The lowest BCUT2D eigenvalue weighted by atomic mass is 9.81. The quantitative estimate of drug-likeness (QED) is 0.690. The summed E-state index contributed by atoms with van der Waals surface area (Å²) in [6.45, 7) is -0.498. The minimum atomic E-state index is -4.47. The molecule has 2 heterocycles. The number of halogens is 3. The molecule has 2 N–H and O–H groups in total. The summed E-state index contributed by atoms with van der Waals surface area (Å²) in [5.41, 5.74) is 2.96. The molecule has 172 valence electrons. The lowest BCUT2D eigenvalue weighted by Gasteiger charge is -2.39. The molecule has 0 aromatic heterocycles. The van der Waals surface area contributed by atoms with Crippen LogP contribution in [0.4, 0.5) is 18.9 Å². The van der Waals surface area contributed by atoms with Gasteiger partial charge in [0.2, 0.25) is 5.91 Å². The number of hydrogen-bond donors (Lipinski definition) is 1. The number of methoxy groups -OCH3 is 1. The number of rotatable bonds is 5. The van der Waals surface area contributed by atoms with Gasteiger partial charge in [-0.2, -0.15) is 13.2 Å². The summed E-state index contributed by atoms with van der Waals surface area (Å²) in [5, 5.41) is 1.86. The Morgan fingerprint density at radius 3 is 2.59 bits per heavy atom. The summed E-state index contributed by atoms with van der Waals surface area (Å²) in [4.78, 5) is 13.2. The number of carbonyl (C=O) groups excluding carboxylic acids is 1. The number of fused-ring (bicyclic) bond motifs is 1. The van der Waals surface area contributed by atoms with Gasteiger partial charge in [-0.3, -0.25) is 10.6 Å². The van der Waals surface area contributed by atoms with Crippen LogP contribution in [0.1, 0.15) is 42.0 Å². The zero-order chi connectivity index (χ0) is 22.9. The maximum absolute atomic E-state index is 13.2. The second-order valence-electron chi connectivity index (χ2n) is 8.59. The van der Waals surface area contributed by atoms with Crippen LogP contribution in [-0.4, -0.2) is 37.3 Å². The number of ether oxygens (including phenoxy) is 1. The molecule has 0 unspecified atom stereocenters. The average Bonchev–Trinajstić information content (AvgIpc) is 2.75. The van der Waals surface area contributed by atoms with E-state index in [2.05, 4.69) is 12.1 Å². The molecule has 1 amide bonds. The summed E-state index contributed by atoms with van der Waals surface area (Å²) in [5.74, 6) is 6.68. The molecular weight excluding hydrogens is 419 g/mol. The fourth-order valence-corrected chi connectivity index (χ4v) is 5.03. The molecule has 1 saturated heterocycles. The van der Waals surface area contributed by atoms with Crippen LogP contribution in [0.3, 0.4) is 0 Å². The molecule has 1 fully saturated rings. The lowest BCUT2D eigenvalue weighted by molar-refractivity contribution is -0.132. The van der Waals surface area contributed by atoms with E-state index in [0.717, 1.165) is 35.4 Å². The first-order valence-corrected chi connectivity index (χ1v) is 10.9. The first kappa shape index (κ1) is 22.6. The van der Waals surface area contributed by atoms with Crippen molar-refractivity contribution in [2.24, 2.45) is 11.8 Å². The molecule has 2 aliphatic rings. The zero-order valence-corrected chi connectivity index (χ0v) is 18.1. The number of nitrogens with zero attached hydrogens (tertiary/aromatic N) is 2. The van der Waals surface area contributed by atoms with Crippen LogP contribution >= 0.6 is 0 Å². The van der Waals surface area contributed by atoms with Crippen molar-refractivity contribution in [2.45, 2.75) is 44.3 Å². The smallest absolute Gasteiger partial charge is 0.406 e. The highest BCUT2D eigenvalue weighted by molar-refractivity contribution is 5.96. The number of nitrogens with two attached hydrogens (primary N) is 1. The van der Waals surface area contributed by atoms with Gasteiger partial charge in [0.25, 0.3) is 0 Å². The van der Waals surface area contributed by atoms with Gasteiger partial charge < -0.3 is 9.64 Å². The van der Waals surface area contributed by atoms with Gasteiger partial charge in [-0.25, -0.2) is 5.01 Å². The number of alkyl halides is 3. The van der Waals surface area contributed by atoms with Gasteiger partial charge >= 0.3 is 6.18 Å². The molecule has 2 aliphatic heterocycles. The number of carbonyl (C=O) groups is 1. The summed E-state index contributed by atoms with van der Waals surface area (Å²) < 4.78 is 45.1. The fourth-order valence-electron chi connectivity index (χ4n) is 5.03. The Labute approximate surface area is 185 Å². The minimum absolute atomic E-state index is 0.00130. The molecule has 0 spiro atoms. The molecule has 0 aliphatic carbocycles. The Morgan fingerprint density at radius 2 is 1.91 bits per heavy atom. The molecule has 8 heteroatoms. The van der Waals surface area contributed by atoms with E-state index in [1.54, 1.807) is 19.2 Å². The Morgan fingerprint density at radius 1 is 1.16 bits per heavy atom. The Hall–Kier alpha value is -2.58. The van der Waals surface area contributed by atoms with Gasteiger partial charge in [0.15, 0.2) is 0 Å². The fraction of sp³-hybridized carbons (Fsp3) is 0.458. The highest BCUT2D eigenvalue weighted by Crippen LogP contribution is 2.41. The van der Waals surface area contributed by atoms with Crippen molar-refractivity contribution in [3.8, 4) is 5.75 Å². The summed E-state index contributed by atoms with van der Waals surface area (Å²) in [7, 11) is 1.57. The van der Waals surface area contributed by atoms with Crippen molar-refractivity contribution in [3.05, 3.63) is 59.2 Å². The molecule has 2 atom stereocenters. The first-order valence-electron chi connectivity index (χ1n) is 10.9. The molecule has 0 bridgehead atoms. The number of aryl methyl sites for hydroxylation is 1. The first-order chi connectivity index (χ1) is 15.3. The van der Waals surface area contributed by atoms with Crippen LogP contribution in [0.5, 0.6) is 5.75 Å². The number of hydrazine groups is 1. The SMILES string of the molecule is COc1cc2c(cc1C[C@@H]1CCCN(N)[C@@H]1c1ccccc1)N(CC(F)(F)F)C(=O)CC2. The summed E-state index contributed by atoms with van der Waals surface area (Å²) in [6, 6.07) is 13.5. The number of anilines is 1. The van der Waals surface area contributed by atoms with E-state index < -0.39 is 18.6 Å². The molecule has 4 rings (SSSR count). The van der Waals surface area contributed by atoms with Crippen LogP contribution in [0.2, 0.25) is 0 Å².